The molecule has 0 aromatic carbocycles. The fourth-order valence-electron chi connectivity index (χ4n) is 3.46. The van der Waals surface area contributed by atoms with Gasteiger partial charge in [-0.15, -0.1) is 0 Å². The number of nitrogens with zero attached hydrogens (tertiary/aromatic N) is 3. The summed E-state index contributed by atoms with van der Waals surface area (Å²) in [6.45, 7) is 2.31. The van der Waals surface area contributed by atoms with E-state index in [0.29, 0.717) is 12.1 Å². The molecule has 5 nitrogen and oxygen atoms in total. The zero-order chi connectivity index (χ0) is 12.7. The van der Waals surface area contributed by atoms with Crippen LogP contribution in [0.4, 0.5) is 11.5 Å². The lowest BCUT2D eigenvalue weighted by molar-refractivity contribution is -0.385. The molecule has 0 aliphatic carbocycles. The van der Waals surface area contributed by atoms with Crippen LogP contribution >= 0.6 is 0 Å². The van der Waals surface area contributed by atoms with E-state index in [1.54, 1.807) is 12.1 Å². The van der Waals surface area contributed by atoms with Crippen molar-refractivity contribution in [1.82, 2.24) is 4.98 Å². The molecule has 18 heavy (non-hydrogen) atoms. The number of hydrogen-bond acceptors (Lipinski definition) is 4. The van der Waals surface area contributed by atoms with Crippen LogP contribution in [-0.4, -0.2) is 22.0 Å². The van der Waals surface area contributed by atoms with Gasteiger partial charge < -0.3 is 4.90 Å². The minimum absolute atomic E-state index is 0.0662. The average Bonchev–Trinajstić information content (AvgIpc) is 2.62. The van der Waals surface area contributed by atoms with E-state index in [2.05, 4.69) is 16.8 Å². The van der Waals surface area contributed by atoms with Gasteiger partial charge in [-0.05, 0) is 37.7 Å². The maximum Gasteiger partial charge on any atom is 0.287 e. The Morgan fingerprint density at radius 1 is 1.33 bits per heavy atom. The number of piperidine rings is 1. The molecule has 2 aliphatic heterocycles. The van der Waals surface area contributed by atoms with E-state index < -0.39 is 4.92 Å². The van der Waals surface area contributed by atoms with Crippen molar-refractivity contribution in [2.24, 2.45) is 5.92 Å². The summed E-state index contributed by atoms with van der Waals surface area (Å²) in [4.78, 5) is 16.9. The second kappa shape index (κ2) is 4.23. The lowest BCUT2D eigenvalue weighted by Crippen LogP contribution is -2.42. The molecule has 1 aromatic heterocycles. The molecule has 0 radical (unpaired) electrons. The summed E-state index contributed by atoms with van der Waals surface area (Å²) in [6, 6.07) is 4.50. The van der Waals surface area contributed by atoms with Gasteiger partial charge in [0.1, 0.15) is 12.0 Å². The summed E-state index contributed by atoms with van der Waals surface area (Å²) in [7, 11) is 0. The number of pyridine rings is 1. The van der Waals surface area contributed by atoms with E-state index >= 15 is 0 Å². The third kappa shape index (κ3) is 1.83. The molecule has 96 valence electrons. The van der Waals surface area contributed by atoms with Crippen LogP contribution in [0.15, 0.2) is 18.3 Å². The second-order valence-electron chi connectivity index (χ2n) is 5.50. The average molecular weight is 247 g/mol. The summed E-state index contributed by atoms with van der Waals surface area (Å²) in [6.07, 6.45) is 6.26. The molecule has 2 saturated heterocycles. The number of rotatable bonds is 2. The predicted octanol–water partition coefficient (Wildman–Crippen LogP) is 2.76. The molecule has 2 fully saturated rings. The molecule has 1 aromatic rings. The summed E-state index contributed by atoms with van der Waals surface area (Å²) in [5.74, 6) is 1.69. The van der Waals surface area contributed by atoms with Crippen molar-refractivity contribution in [3.63, 3.8) is 0 Å². The van der Waals surface area contributed by atoms with E-state index in [0.717, 1.165) is 11.7 Å². The van der Waals surface area contributed by atoms with Gasteiger partial charge in [0.15, 0.2) is 0 Å². The molecule has 0 amide bonds. The number of fused-ring (bicyclic) bond motifs is 2. The SMILES string of the molecule is CC1CC2CCC(C1)N2c1ccc([N+](=O)[O-])cn1. The molecule has 0 spiro atoms. The number of nitro groups is 1. The van der Waals surface area contributed by atoms with Crippen LogP contribution in [-0.2, 0) is 0 Å². The second-order valence-corrected chi connectivity index (χ2v) is 5.50. The highest BCUT2D eigenvalue weighted by molar-refractivity contribution is 5.46. The van der Waals surface area contributed by atoms with E-state index in [4.69, 9.17) is 0 Å². The van der Waals surface area contributed by atoms with E-state index in [-0.39, 0.29) is 5.69 Å². The minimum Gasteiger partial charge on any atom is -0.351 e. The lowest BCUT2D eigenvalue weighted by atomic mass is 9.92. The first-order valence-corrected chi connectivity index (χ1v) is 6.54. The molecule has 3 rings (SSSR count). The van der Waals surface area contributed by atoms with Crippen LogP contribution in [0.3, 0.4) is 0 Å². The normalized spacial score (nSPS) is 30.5. The Morgan fingerprint density at radius 2 is 2.00 bits per heavy atom. The van der Waals surface area contributed by atoms with Crippen LogP contribution in [0.5, 0.6) is 0 Å². The van der Waals surface area contributed by atoms with Gasteiger partial charge in [-0.25, -0.2) is 4.98 Å². The zero-order valence-corrected chi connectivity index (χ0v) is 10.5. The third-order valence-corrected chi connectivity index (χ3v) is 4.18. The summed E-state index contributed by atoms with van der Waals surface area (Å²) >= 11 is 0. The van der Waals surface area contributed by atoms with E-state index in [1.807, 2.05) is 0 Å². The molecule has 2 unspecified atom stereocenters. The summed E-state index contributed by atoms with van der Waals surface area (Å²) in [5.41, 5.74) is 0.0662. The molecular weight excluding hydrogens is 230 g/mol. The monoisotopic (exact) mass is 247 g/mol. The van der Waals surface area contributed by atoms with Gasteiger partial charge in [-0.1, -0.05) is 6.92 Å². The largest absolute Gasteiger partial charge is 0.351 e. The Hall–Kier alpha value is -1.65. The fourth-order valence-corrected chi connectivity index (χ4v) is 3.46. The number of aromatic nitrogens is 1. The Bertz CT molecular complexity index is 446. The maximum absolute atomic E-state index is 10.6. The summed E-state index contributed by atoms with van der Waals surface area (Å²) in [5, 5.41) is 10.6. The zero-order valence-electron chi connectivity index (χ0n) is 10.5. The molecule has 3 heterocycles. The topological polar surface area (TPSA) is 59.3 Å². The first-order chi connectivity index (χ1) is 8.65. The standard InChI is InChI=1S/C13H17N3O2/c1-9-6-10-2-3-11(7-9)15(10)13-5-4-12(8-14-13)16(17)18/h4-5,8-11H,2-3,6-7H2,1H3. The number of hydrogen-bond donors (Lipinski definition) is 0. The van der Waals surface area contributed by atoms with Gasteiger partial charge in [-0.2, -0.15) is 0 Å². The molecule has 0 N–H and O–H groups in total. The predicted molar refractivity (Wildman–Crippen MR) is 68.6 cm³/mol. The first-order valence-electron chi connectivity index (χ1n) is 6.54. The Kier molecular flexibility index (Phi) is 2.69. The first kappa shape index (κ1) is 11.4. The van der Waals surface area contributed by atoms with Crippen LogP contribution in [0.25, 0.3) is 0 Å². The highest BCUT2D eigenvalue weighted by Crippen LogP contribution is 2.40. The molecule has 2 atom stereocenters. The molecule has 5 heteroatoms. The Labute approximate surface area is 106 Å². The van der Waals surface area contributed by atoms with Crippen LogP contribution in [0, 0.1) is 16.0 Å². The molecular formula is C13H17N3O2. The van der Waals surface area contributed by atoms with E-state index in [1.165, 1.54) is 31.9 Å². The smallest absolute Gasteiger partial charge is 0.287 e. The van der Waals surface area contributed by atoms with Gasteiger partial charge >= 0.3 is 0 Å². The van der Waals surface area contributed by atoms with Crippen LogP contribution in [0.2, 0.25) is 0 Å². The van der Waals surface area contributed by atoms with Crippen molar-refractivity contribution in [1.29, 1.82) is 0 Å². The Morgan fingerprint density at radius 3 is 2.50 bits per heavy atom. The van der Waals surface area contributed by atoms with Crippen molar-refractivity contribution >= 4 is 11.5 Å². The highest BCUT2D eigenvalue weighted by Gasteiger charge is 2.39. The molecule has 0 saturated carbocycles. The van der Waals surface area contributed by atoms with Crippen molar-refractivity contribution in [3.05, 3.63) is 28.4 Å². The van der Waals surface area contributed by atoms with Gasteiger partial charge in [0.2, 0.25) is 0 Å². The van der Waals surface area contributed by atoms with Crippen LogP contribution < -0.4 is 4.90 Å². The van der Waals surface area contributed by atoms with Gasteiger partial charge in [-0.3, -0.25) is 10.1 Å². The highest BCUT2D eigenvalue weighted by atomic mass is 16.6. The quantitative estimate of drug-likeness (QED) is 0.595. The number of anilines is 1. The Balaban J connectivity index is 1.85. The van der Waals surface area contributed by atoms with Crippen molar-refractivity contribution in [2.75, 3.05) is 4.90 Å². The van der Waals surface area contributed by atoms with Crippen molar-refractivity contribution < 1.29 is 4.92 Å². The minimum atomic E-state index is -0.399. The lowest BCUT2D eigenvalue weighted by Gasteiger charge is -2.38. The van der Waals surface area contributed by atoms with Crippen molar-refractivity contribution in [3.8, 4) is 0 Å². The molecule has 2 bridgehead atoms. The fraction of sp³-hybridized carbons (Fsp3) is 0.615. The van der Waals surface area contributed by atoms with Crippen molar-refractivity contribution in [2.45, 2.75) is 44.7 Å². The molecule has 2 aliphatic rings. The third-order valence-electron chi connectivity index (χ3n) is 4.18. The van der Waals surface area contributed by atoms with Gasteiger partial charge in [0.05, 0.1) is 4.92 Å². The van der Waals surface area contributed by atoms with Gasteiger partial charge in [0, 0.05) is 18.2 Å². The maximum atomic E-state index is 10.6. The van der Waals surface area contributed by atoms with Gasteiger partial charge in [0.25, 0.3) is 5.69 Å². The van der Waals surface area contributed by atoms with Crippen LogP contribution in [0.1, 0.15) is 32.6 Å². The summed E-state index contributed by atoms with van der Waals surface area (Å²) < 4.78 is 0. The van der Waals surface area contributed by atoms with E-state index in [9.17, 15) is 10.1 Å².